The van der Waals surface area contributed by atoms with Gasteiger partial charge in [-0.15, -0.1) is 0 Å². The van der Waals surface area contributed by atoms with Gasteiger partial charge in [-0.05, 0) is 43.2 Å². The average molecular weight is 510 g/mol. The number of hydrogen-bond donors (Lipinski definition) is 1. The molecule has 37 heavy (non-hydrogen) atoms. The molecule has 6 nitrogen and oxygen atoms in total. The summed E-state index contributed by atoms with van der Waals surface area (Å²) in [6.07, 6.45) is -4.36. The van der Waals surface area contributed by atoms with E-state index >= 15 is 0 Å². The van der Waals surface area contributed by atoms with E-state index in [4.69, 9.17) is 0 Å². The Balaban J connectivity index is 1.60. The van der Waals surface area contributed by atoms with E-state index in [1.165, 1.54) is 39.8 Å². The standard InChI is InChI=1S/C27H22F4N4O2/c1-16(17-7-3-2-4-8-17)35(26(37)33-21-10-6-5-9-20(21)27(29,30)31)23-13-14-34-24(23)32-22-15-18(28)11-12-19(22)25(34)36/h2-12,15-16,23H,13-14H2,1H3,(H,33,37). The number of carbonyl (C=O) groups excluding carboxylic acids is 1. The molecular weight excluding hydrogens is 488 g/mol. The van der Waals surface area contributed by atoms with Crippen LogP contribution in [0.2, 0.25) is 0 Å². The molecule has 1 aromatic heterocycles. The van der Waals surface area contributed by atoms with Gasteiger partial charge in [-0.2, -0.15) is 13.2 Å². The molecular formula is C27H22F4N4O2. The van der Waals surface area contributed by atoms with E-state index < -0.39 is 35.7 Å². The van der Waals surface area contributed by atoms with Crippen LogP contribution >= 0.6 is 0 Å². The molecule has 190 valence electrons. The molecule has 5 rings (SSSR count). The number of carbonyl (C=O) groups is 1. The summed E-state index contributed by atoms with van der Waals surface area (Å²) in [6, 6.07) is 15.3. The summed E-state index contributed by atoms with van der Waals surface area (Å²) in [5.74, 6) is -0.306. The summed E-state index contributed by atoms with van der Waals surface area (Å²) in [5.41, 5.74) is -0.821. The lowest BCUT2D eigenvalue weighted by molar-refractivity contribution is -0.136. The Morgan fingerprint density at radius 1 is 1.08 bits per heavy atom. The molecule has 0 fully saturated rings. The molecule has 4 aromatic rings. The first-order valence-electron chi connectivity index (χ1n) is 11.7. The molecule has 0 saturated carbocycles. The summed E-state index contributed by atoms with van der Waals surface area (Å²) in [5, 5.41) is 2.68. The lowest BCUT2D eigenvalue weighted by Gasteiger charge is -2.34. The van der Waals surface area contributed by atoms with Crippen molar-refractivity contribution < 1.29 is 22.4 Å². The topological polar surface area (TPSA) is 67.2 Å². The van der Waals surface area contributed by atoms with Crippen LogP contribution in [-0.4, -0.2) is 20.5 Å². The minimum atomic E-state index is -4.67. The van der Waals surface area contributed by atoms with E-state index in [1.807, 2.05) is 6.07 Å². The molecule has 1 N–H and O–H groups in total. The molecule has 2 unspecified atom stereocenters. The van der Waals surface area contributed by atoms with Gasteiger partial charge in [0.1, 0.15) is 11.6 Å². The van der Waals surface area contributed by atoms with Crippen LogP contribution in [0.5, 0.6) is 0 Å². The largest absolute Gasteiger partial charge is 0.418 e. The van der Waals surface area contributed by atoms with Gasteiger partial charge >= 0.3 is 12.2 Å². The summed E-state index contributed by atoms with van der Waals surface area (Å²) < 4.78 is 56.2. The Morgan fingerprint density at radius 2 is 1.78 bits per heavy atom. The number of hydrogen-bond acceptors (Lipinski definition) is 3. The number of nitrogens with zero attached hydrogens (tertiary/aromatic N) is 3. The van der Waals surface area contributed by atoms with Crippen LogP contribution in [-0.2, 0) is 12.7 Å². The van der Waals surface area contributed by atoms with Gasteiger partial charge in [-0.25, -0.2) is 14.2 Å². The second kappa shape index (κ2) is 9.34. The monoisotopic (exact) mass is 510 g/mol. The molecule has 2 atom stereocenters. The highest BCUT2D eigenvalue weighted by atomic mass is 19.4. The molecule has 1 aliphatic rings. The fraction of sp³-hybridized carbons (Fsp3) is 0.222. The SMILES string of the molecule is CC(c1ccccc1)N(C(=O)Nc1ccccc1C(F)(F)F)C1CCn2c1nc1cc(F)ccc1c2=O. The number of amides is 2. The maximum Gasteiger partial charge on any atom is 0.418 e. The highest BCUT2D eigenvalue weighted by molar-refractivity contribution is 5.91. The highest BCUT2D eigenvalue weighted by Gasteiger charge is 2.39. The van der Waals surface area contributed by atoms with E-state index in [1.54, 1.807) is 31.2 Å². The highest BCUT2D eigenvalue weighted by Crippen LogP contribution is 2.38. The number of para-hydroxylation sites is 1. The summed E-state index contributed by atoms with van der Waals surface area (Å²) in [7, 11) is 0. The molecule has 10 heteroatoms. The maximum absolute atomic E-state index is 13.9. The van der Waals surface area contributed by atoms with Gasteiger partial charge in [-0.3, -0.25) is 9.36 Å². The molecule has 0 saturated heterocycles. The number of urea groups is 1. The first-order chi connectivity index (χ1) is 17.6. The summed E-state index contributed by atoms with van der Waals surface area (Å²) in [4.78, 5) is 32.7. The van der Waals surface area contributed by atoms with E-state index in [0.717, 1.165) is 17.7 Å². The van der Waals surface area contributed by atoms with Gasteiger partial charge in [0.15, 0.2) is 0 Å². The van der Waals surface area contributed by atoms with Crippen molar-refractivity contribution in [3.63, 3.8) is 0 Å². The van der Waals surface area contributed by atoms with Gasteiger partial charge in [0.05, 0.1) is 34.2 Å². The first kappa shape index (κ1) is 24.5. The molecule has 0 radical (unpaired) electrons. The third kappa shape index (κ3) is 4.54. The Hall–Kier alpha value is -4.21. The van der Waals surface area contributed by atoms with Gasteiger partial charge in [0.2, 0.25) is 0 Å². The van der Waals surface area contributed by atoms with Crippen molar-refractivity contribution in [2.24, 2.45) is 0 Å². The van der Waals surface area contributed by atoms with Crippen LogP contribution in [0.4, 0.5) is 28.0 Å². The van der Waals surface area contributed by atoms with Crippen molar-refractivity contribution in [2.45, 2.75) is 38.1 Å². The minimum Gasteiger partial charge on any atom is -0.308 e. The van der Waals surface area contributed by atoms with Crippen LogP contribution in [0, 0.1) is 5.82 Å². The second-order valence-electron chi connectivity index (χ2n) is 8.86. The zero-order valence-corrected chi connectivity index (χ0v) is 19.7. The normalized spacial score (nSPS) is 15.9. The van der Waals surface area contributed by atoms with Gasteiger partial charge in [-0.1, -0.05) is 42.5 Å². The minimum absolute atomic E-state index is 0.151. The van der Waals surface area contributed by atoms with E-state index in [2.05, 4.69) is 10.3 Å². The van der Waals surface area contributed by atoms with Crippen molar-refractivity contribution in [3.05, 3.63) is 106 Å². The Bertz CT molecular complexity index is 1540. The van der Waals surface area contributed by atoms with E-state index in [0.29, 0.717) is 6.42 Å². The Morgan fingerprint density at radius 3 is 2.51 bits per heavy atom. The average Bonchev–Trinajstić information content (AvgIpc) is 3.28. The number of halogens is 4. The number of nitrogens with one attached hydrogen (secondary N) is 1. The van der Waals surface area contributed by atoms with E-state index in [9.17, 15) is 27.2 Å². The van der Waals surface area contributed by atoms with Crippen molar-refractivity contribution >= 4 is 22.6 Å². The van der Waals surface area contributed by atoms with E-state index in [-0.39, 0.29) is 34.5 Å². The Labute approximate surface area is 209 Å². The number of rotatable bonds is 4. The van der Waals surface area contributed by atoms with Crippen molar-refractivity contribution in [2.75, 3.05) is 5.32 Å². The fourth-order valence-corrected chi connectivity index (χ4v) is 4.82. The predicted octanol–water partition coefficient (Wildman–Crippen LogP) is 6.29. The van der Waals surface area contributed by atoms with Crippen molar-refractivity contribution in [1.29, 1.82) is 0 Å². The van der Waals surface area contributed by atoms with Gasteiger partial charge < -0.3 is 10.2 Å². The van der Waals surface area contributed by atoms with Gasteiger partial charge in [0, 0.05) is 12.6 Å². The summed E-state index contributed by atoms with van der Waals surface area (Å²) >= 11 is 0. The number of benzene rings is 3. The second-order valence-corrected chi connectivity index (χ2v) is 8.86. The molecule has 0 spiro atoms. The number of alkyl halides is 3. The van der Waals surface area contributed by atoms with Gasteiger partial charge in [0.25, 0.3) is 5.56 Å². The molecule has 2 amide bonds. The zero-order valence-electron chi connectivity index (χ0n) is 19.7. The lowest BCUT2D eigenvalue weighted by Crippen LogP contribution is -2.40. The quantitative estimate of drug-likeness (QED) is 0.328. The molecule has 1 aliphatic heterocycles. The lowest BCUT2D eigenvalue weighted by atomic mass is 10.0. The zero-order chi connectivity index (χ0) is 26.3. The third-order valence-electron chi connectivity index (χ3n) is 6.61. The molecule has 0 aliphatic carbocycles. The number of fused-ring (bicyclic) bond motifs is 2. The number of anilines is 1. The maximum atomic E-state index is 13.9. The molecule has 3 aromatic carbocycles. The fourth-order valence-electron chi connectivity index (χ4n) is 4.82. The molecule has 0 bridgehead atoms. The Kier molecular flexibility index (Phi) is 6.18. The van der Waals surface area contributed by atoms with Crippen LogP contribution in [0.15, 0.2) is 77.6 Å². The van der Waals surface area contributed by atoms with Crippen molar-refractivity contribution in [3.8, 4) is 0 Å². The first-order valence-corrected chi connectivity index (χ1v) is 11.7. The van der Waals surface area contributed by atoms with Crippen LogP contribution in [0.3, 0.4) is 0 Å². The number of aromatic nitrogens is 2. The van der Waals surface area contributed by atoms with Crippen LogP contribution in [0.1, 0.15) is 42.4 Å². The summed E-state index contributed by atoms with van der Waals surface area (Å²) in [6.45, 7) is 2.01. The molecule has 2 heterocycles. The third-order valence-corrected chi connectivity index (χ3v) is 6.61. The smallest absolute Gasteiger partial charge is 0.308 e. The van der Waals surface area contributed by atoms with Crippen LogP contribution < -0.4 is 10.9 Å². The van der Waals surface area contributed by atoms with Crippen molar-refractivity contribution in [1.82, 2.24) is 14.5 Å². The predicted molar refractivity (Wildman–Crippen MR) is 130 cm³/mol. The van der Waals surface area contributed by atoms with Crippen LogP contribution in [0.25, 0.3) is 10.9 Å².